The molecule has 1 fully saturated rings. The number of hydrogen-bond acceptors (Lipinski definition) is 3. The van der Waals surface area contributed by atoms with E-state index in [4.69, 9.17) is 9.47 Å². The molecule has 140 valence electrons. The lowest BCUT2D eigenvalue weighted by Gasteiger charge is -2.11. The molecule has 1 unspecified atom stereocenters. The first-order valence-electron chi connectivity index (χ1n) is 8.85. The highest BCUT2D eigenvalue weighted by Gasteiger charge is 2.53. The fraction of sp³-hybridized carbons (Fsp3) is 0.632. The molecule has 0 spiro atoms. The van der Waals surface area contributed by atoms with Crippen LogP contribution in [0, 0.1) is 0 Å². The van der Waals surface area contributed by atoms with Crippen LogP contribution in [0.1, 0.15) is 56.6 Å². The van der Waals surface area contributed by atoms with Crippen molar-refractivity contribution < 1.29 is 27.4 Å². The first kappa shape index (κ1) is 19.8. The van der Waals surface area contributed by atoms with Gasteiger partial charge in [-0.3, -0.25) is 0 Å². The molecule has 1 aromatic rings. The number of esters is 1. The van der Waals surface area contributed by atoms with Crippen molar-refractivity contribution in [3.63, 3.8) is 0 Å². The van der Waals surface area contributed by atoms with Gasteiger partial charge in [0.05, 0.1) is 18.8 Å². The molecule has 1 aliphatic heterocycles. The maximum absolute atomic E-state index is 12.7. The van der Waals surface area contributed by atoms with Crippen LogP contribution in [0.15, 0.2) is 24.3 Å². The zero-order valence-corrected chi connectivity index (χ0v) is 14.5. The summed E-state index contributed by atoms with van der Waals surface area (Å²) in [6.45, 7) is 2.86. The number of hydrogen-bond donors (Lipinski definition) is 0. The summed E-state index contributed by atoms with van der Waals surface area (Å²) in [6, 6.07) is 5.45. The van der Waals surface area contributed by atoms with Crippen LogP contribution in [0.5, 0.6) is 0 Å². The number of aryl methyl sites for hydroxylation is 1. The van der Waals surface area contributed by atoms with Crippen molar-refractivity contribution in [1.82, 2.24) is 0 Å². The van der Waals surface area contributed by atoms with Gasteiger partial charge in [0.2, 0.25) is 0 Å². The molecule has 0 aromatic heterocycles. The molecule has 0 amide bonds. The summed E-state index contributed by atoms with van der Waals surface area (Å²) in [5.74, 6) is -0.279. The van der Waals surface area contributed by atoms with E-state index in [1.54, 1.807) is 6.07 Å². The summed E-state index contributed by atoms with van der Waals surface area (Å²) >= 11 is 0. The van der Waals surface area contributed by atoms with Crippen molar-refractivity contribution >= 4 is 5.97 Å². The first-order chi connectivity index (χ1) is 11.9. The lowest BCUT2D eigenvalue weighted by molar-refractivity contribution is -0.150. The van der Waals surface area contributed by atoms with Crippen LogP contribution in [0.2, 0.25) is 0 Å². The molecule has 25 heavy (non-hydrogen) atoms. The van der Waals surface area contributed by atoms with Crippen molar-refractivity contribution in [2.45, 2.75) is 63.6 Å². The summed E-state index contributed by atoms with van der Waals surface area (Å²) in [5, 5.41) is 0. The van der Waals surface area contributed by atoms with Crippen LogP contribution >= 0.6 is 0 Å². The Morgan fingerprint density at radius 1 is 1.24 bits per heavy atom. The van der Waals surface area contributed by atoms with Crippen LogP contribution in [0.25, 0.3) is 0 Å². The first-order valence-corrected chi connectivity index (χ1v) is 8.85. The van der Waals surface area contributed by atoms with Crippen LogP contribution in [0.4, 0.5) is 13.2 Å². The topological polar surface area (TPSA) is 38.8 Å². The summed E-state index contributed by atoms with van der Waals surface area (Å²) in [7, 11) is 0. The fourth-order valence-corrected chi connectivity index (χ4v) is 2.71. The van der Waals surface area contributed by atoms with E-state index in [1.165, 1.54) is 12.1 Å². The number of carbonyl (C=O) groups is 1. The zero-order valence-electron chi connectivity index (χ0n) is 14.5. The van der Waals surface area contributed by atoms with Gasteiger partial charge in [0.15, 0.2) is 5.60 Å². The number of halogens is 3. The van der Waals surface area contributed by atoms with E-state index in [1.807, 2.05) is 6.92 Å². The molecule has 6 heteroatoms. The molecule has 0 N–H and O–H groups in total. The van der Waals surface area contributed by atoms with Gasteiger partial charge in [-0.05, 0) is 43.7 Å². The van der Waals surface area contributed by atoms with E-state index in [-0.39, 0.29) is 5.97 Å². The normalized spacial score (nSPS) is 19.7. The second-order valence-corrected chi connectivity index (χ2v) is 6.53. The molecule has 1 aromatic carbocycles. The highest BCUT2D eigenvalue weighted by atomic mass is 19.4. The Kier molecular flexibility index (Phi) is 6.87. The van der Waals surface area contributed by atoms with E-state index >= 15 is 0 Å². The van der Waals surface area contributed by atoms with Gasteiger partial charge in [-0.25, -0.2) is 4.79 Å². The highest BCUT2D eigenvalue weighted by molar-refractivity contribution is 5.82. The summed E-state index contributed by atoms with van der Waals surface area (Å²) in [6.07, 6.45) is 1.13. The van der Waals surface area contributed by atoms with Crippen LogP contribution in [0.3, 0.4) is 0 Å². The highest BCUT2D eigenvalue weighted by Crippen LogP contribution is 2.34. The van der Waals surface area contributed by atoms with Gasteiger partial charge in [-0.2, -0.15) is 13.2 Å². The Balaban J connectivity index is 1.67. The number of carbonyl (C=O) groups excluding carboxylic acids is 1. The monoisotopic (exact) mass is 358 g/mol. The van der Waals surface area contributed by atoms with Crippen molar-refractivity contribution in [1.29, 1.82) is 0 Å². The third-order valence-electron chi connectivity index (χ3n) is 4.40. The third kappa shape index (κ3) is 6.03. The number of alkyl halides is 3. The lowest BCUT2D eigenvalue weighted by atomic mass is 9.99. The summed E-state index contributed by atoms with van der Waals surface area (Å²) in [5.41, 5.74) is -0.680. The largest absolute Gasteiger partial charge is 0.463 e. The van der Waals surface area contributed by atoms with Crippen molar-refractivity contribution in [2.75, 3.05) is 13.2 Å². The van der Waals surface area contributed by atoms with E-state index in [2.05, 4.69) is 0 Å². The molecule has 0 bridgehead atoms. The predicted molar refractivity (Wildman–Crippen MR) is 88.2 cm³/mol. The molecular weight excluding hydrogens is 333 g/mol. The van der Waals surface area contributed by atoms with Crippen molar-refractivity contribution in [2.24, 2.45) is 0 Å². The minimum absolute atomic E-state index is 0.279. The minimum atomic E-state index is -4.30. The van der Waals surface area contributed by atoms with Gasteiger partial charge in [-0.15, -0.1) is 0 Å². The number of benzene rings is 1. The Labute approximate surface area is 146 Å². The van der Waals surface area contributed by atoms with E-state index < -0.39 is 17.3 Å². The molecule has 1 atom stereocenters. The molecule has 3 nitrogen and oxygen atoms in total. The number of unbranched alkanes of at least 4 members (excludes halogenated alkanes) is 3. The van der Waals surface area contributed by atoms with Gasteiger partial charge >= 0.3 is 12.1 Å². The SMILES string of the molecule is CCCCOC(=O)C1(CCCCCc2cccc(C(F)(F)F)c2)CO1. The third-order valence-corrected chi connectivity index (χ3v) is 4.40. The Morgan fingerprint density at radius 3 is 2.64 bits per heavy atom. The Morgan fingerprint density at radius 2 is 2.00 bits per heavy atom. The molecule has 1 aliphatic rings. The van der Waals surface area contributed by atoms with Crippen LogP contribution in [-0.2, 0) is 26.9 Å². The molecule has 2 rings (SSSR count). The molecule has 0 saturated carbocycles. The molecule has 0 radical (unpaired) electrons. The fourth-order valence-electron chi connectivity index (χ4n) is 2.71. The Hall–Kier alpha value is -1.56. The van der Waals surface area contributed by atoms with Crippen molar-refractivity contribution in [3.05, 3.63) is 35.4 Å². The lowest BCUT2D eigenvalue weighted by Crippen LogP contribution is -2.27. The van der Waals surface area contributed by atoms with Crippen molar-refractivity contribution in [3.8, 4) is 0 Å². The molecule has 0 aliphatic carbocycles. The maximum atomic E-state index is 12.7. The summed E-state index contributed by atoms with van der Waals surface area (Å²) in [4.78, 5) is 12.0. The molecule has 1 heterocycles. The van der Waals surface area contributed by atoms with E-state index in [9.17, 15) is 18.0 Å². The van der Waals surface area contributed by atoms with Gasteiger partial charge in [-0.1, -0.05) is 38.0 Å². The standard InChI is InChI=1S/C19H25F3O3/c1-2-3-12-24-17(23)18(14-25-18)11-6-4-5-8-15-9-7-10-16(13-15)19(20,21)22/h7,9-10,13H,2-6,8,11-12,14H2,1H3. The Bertz CT molecular complexity index is 565. The average Bonchev–Trinajstić information content (AvgIpc) is 3.35. The van der Waals surface area contributed by atoms with Gasteiger partial charge in [0.1, 0.15) is 0 Å². The molecule has 1 saturated heterocycles. The summed E-state index contributed by atoms with van der Waals surface area (Å²) < 4.78 is 48.6. The van der Waals surface area contributed by atoms with E-state index in [0.29, 0.717) is 31.6 Å². The van der Waals surface area contributed by atoms with Crippen LogP contribution in [-0.4, -0.2) is 24.8 Å². The van der Waals surface area contributed by atoms with Gasteiger partial charge in [0, 0.05) is 0 Å². The zero-order chi connectivity index (χ0) is 18.3. The van der Waals surface area contributed by atoms with Gasteiger partial charge < -0.3 is 9.47 Å². The quantitative estimate of drug-likeness (QED) is 0.338. The predicted octanol–water partition coefficient (Wildman–Crippen LogP) is 4.92. The molecular formula is C19H25F3O3. The van der Waals surface area contributed by atoms with E-state index in [0.717, 1.165) is 38.2 Å². The maximum Gasteiger partial charge on any atom is 0.416 e. The number of ether oxygens (including phenoxy) is 2. The number of epoxide rings is 1. The minimum Gasteiger partial charge on any atom is -0.463 e. The van der Waals surface area contributed by atoms with Gasteiger partial charge in [0.25, 0.3) is 0 Å². The number of rotatable bonds is 10. The second kappa shape index (κ2) is 8.70. The van der Waals surface area contributed by atoms with Crippen LogP contribution < -0.4 is 0 Å². The smallest absolute Gasteiger partial charge is 0.416 e. The average molecular weight is 358 g/mol. The second-order valence-electron chi connectivity index (χ2n) is 6.53.